The fraction of sp³-hybridized carbons (Fsp3) is 0.833. The molecule has 0 spiro atoms. The number of amides is 2. The number of aliphatic carboxylic acids is 1. The highest BCUT2D eigenvalue weighted by atomic mass is 16.4. The third-order valence-electron chi connectivity index (χ3n) is 3.28. The van der Waals surface area contributed by atoms with Gasteiger partial charge in [0.15, 0.2) is 0 Å². The number of urea groups is 1. The summed E-state index contributed by atoms with van der Waals surface area (Å²) >= 11 is 0. The first-order valence-electron chi connectivity index (χ1n) is 6.40. The van der Waals surface area contributed by atoms with Crippen molar-refractivity contribution in [3.63, 3.8) is 0 Å². The minimum absolute atomic E-state index is 0.227. The second-order valence-electron chi connectivity index (χ2n) is 4.53. The number of nitrogens with zero attached hydrogens (tertiary/aromatic N) is 1. The van der Waals surface area contributed by atoms with Gasteiger partial charge in [0, 0.05) is 12.6 Å². The van der Waals surface area contributed by atoms with Crippen molar-refractivity contribution in [3.8, 4) is 0 Å². The van der Waals surface area contributed by atoms with Gasteiger partial charge in [0.2, 0.25) is 0 Å². The smallest absolute Gasteiger partial charge is 0.326 e. The molecule has 5 nitrogen and oxygen atoms in total. The zero-order valence-corrected chi connectivity index (χ0v) is 10.6. The van der Waals surface area contributed by atoms with Crippen LogP contribution in [0.25, 0.3) is 0 Å². The van der Waals surface area contributed by atoms with E-state index in [0.29, 0.717) is 6.42 Å². The summed E-state index contributed by atoms with van der Waals surface area (Å²) in [6.45, 7) is 4.70. The van der Waals surface area contributed by atoms with E-state index in [1.54, 1.807) is 4.90 Å². The molecule has 1 unspecified atom stereocenters. The lowest BCUT2D eigenvalue weighted by Crippen LogP contribution is -2.49. The Morgan fingerprint density at radius 1 is 1.47 bits per heavy atom. The van der Waals surface area contributed by atoms with E-state index < -0.39 is 12.0 Å². The predicted molar refractivity (Wildman–Crippen MR) is 64.9 cm³/mol. The van der Waals surface area contributed by atoms with Crippen molar-refractivity contribution < 1.29 is 14.7 Å². The lowest BCUT2D eigenvalue weighted by molar-refractivity contribution is -0.139. The summed E-state index contributed by atoms with van der Waals surface area (Å²) in [5, 5.41) is 11.6. The number of hydrogen-bond donors (Lipinski definition) is 2. The molecular weight excluding hydrogens is 220 g/mol. The molecule has 0 aliphatic carbocycles. The summed E-state index contributed by atoms with van der Waals surface area (Å²) in [7, 11) is 0. The van der Waals surface area contributed by atoms with E-state index in [1.165, 1.54) is 0 Å². The van der Waals surface area contributed by atoms with Gasteiger partial charge < -0.3 is 15.3 Å². The van der Waals surface area contributed by atoms with Gasteiger partial charge in [-0.15, -0.1) is 0 Å². The standard InChI is InChI=1S/C12H22N2O3/c1-3-6-10(11(15)16)13-12(17)14-8-5-7-9(14)4-2/h9-10H,3-8H2,1-2H3,(H,13,17)(H,15,16)/t9?,10-/m1/s1. The van der Waals surface area contributed by atoms with Gasteiger partial charge >= 0.3 is 12.0 Å². The van der Waals surface area contributed by atoms with Crippen LogP contribution in [0.4, 0.5) is 4.79 Å². The third-order valence-corrected chi connectivity index (χ3v) is 3.28. The Kier molecular flexibility index (Phi) is 5.25. The molecule has 17 heavy (non-hydrogen) atoms. The van der Waals surface area contributed by atoms with Crippen LogP contribution in [0.5, 0.6) is 0 Å². The first kappa shape index (κ1) is 13.8. The molecule has 5 heteroatoms. The van der Waals surface area contributed by atoms with Gasteiger partial charge in [-0.25, -0.2) is 9.59 Å². The van der Waals surface area contributed by atoms with Crippen LogP contribution in [0.15, 0.2) is 0 Å². The highest BCUT2D eigenvalue weighted by molar-refractivity contribution is 5.82. The average Bonchev–Trinajstić information content (AvgIpc) is 2.76. The number of carbonyl (C=O) groups excluding carboxylic acids is 1. The highest BCUT2D eigenvalue weighted by Crippen LogP contribution is 2.19. The van der Waals surface area contributed by atoms with E-state index >= 15 is 0 Å². The van der Waals surface area contributed by atoms with Gasteiger partial charge in [0.1, 0.15) is 6.04 Å². The summed E-state index contributed by atoms with van der Waals surface area (Å²) in [6, 6.07) is -0.716. The molecule has 0 aromatic rings. The average molecular weight is 242 g/mol. The maximum atomic E-state index is 12.0. The van der Waals surface area contributed by atoms with Crippen molar-refractivity contribution in [2.45, 2.75) is 58.0 Å². The molecule has 0 saturated carbocycles. The van der Waals surface area contributed by atoms with Crippen LogP contribution in [0, 0.1) is 0 Å². The molecule has 1 aliphatic rings. The third kappa shape index (κ3) is 3.61. The molecule has 98 valence electrons. The monoisotopic (exact) mass is 242 g/mol. The molecule has 1 aliphatic heterocycles. The van der Waals surface area contributed by atoms with Gasteiger partial charge in [-0.05, 0) is 25.7 Å². The van der Waals surface area contributed by atoms with Crippen molar-refractivity contribution in [1.82, 2.24) is 10.2 Å². The molecule has 2 amide bonds. The van der Waals surface area contributed by atoms with E-state index in [0.717, 1.165) is 32.2 Å². The second-order valence-corrected chi connectivity index (χ2v) is 4.53. The topological polar surface area (TPSA) is 69.6 Å². The number of carboxylic acids is 1. The first-order chi connectivity index (χ1) is 8.10. The zero-order valence-electron chi connectivity index (χ0n) is 10.6. The van der Waals surface area contributed by atoms with Crippen molar-refractivity contribution in [1.29, 1.82) is 0 Å². The minimum atomic E-state index is -0.951. The normalized spacial score (nSPS) is 21.3. The molecule has 1 heterocycles. The number of rotatable bonds is 5. The Balaban J connectivity index is 2.54. The molecule has 2 atom stereocenters. The summed E-state index contributed by atoms with van der Waals surface area (Å²) in [5.41, 5.74) is 0. The van der Waals surface area contributed by atoms with Gasteiger partial charge in [0.25, 0.3) is 0 Å². The molecule has 0 aromatic carbocycles. The molecule has 0 bridgehead atoms. The SMILES string of the molecule is CCC[C@@H](NC(=O)N1CCCC1CC)C(=O)O. The maximum Gasteiger partial charge on any atom is 0.326 e. The predicted octanol–water partition coefficient (Wildman–Crippen LogP) is 1.82. The summed E-state index contributed by atoms with van der Waals surface area (Å²) in [6.07, 6.45) is 4.19. The Hall–Kier alpha value is -1.26. The van der Waals surface area contributed by atoms with Crippen LogP contribution >= 0.6 is 0 Å². The highest BCUT2D eigenvalue weighted by Gasteiger charge is 2.29. The Morgan fingerprint density at radius 2 is 2.18 bits per heavy atom. The number of carbonyl (C=O) groups is 2. The largest absolute Gasteiger partial charge is 0.480 e. The molecular formula is C12H22N2O3. The van der Waals surface area contributed by atoms with Gasteiger partial charge in [-0.2, -0.15) is 0 Å². The van der Waals surface area contributed by atoms with Crippen LogP contribution in [-0.4, -0.2) is 40.6 Å². The first-order valence-corrected chi connectivity index (χ1v) is 6.40. The fourth-order valence-corrected chi connectivity index (χ4v) is 2.31. The molecule has 2 N–H and O–H groups in total. The zero-order chi connectivity index (χ0) is 12.8. The number of likely N-dealkylation sites (tertiary alicyclic amines) is 1. The Labute approximate surface area is 102 Å². The number of hydrogen-bond acceptors (Lipinski definition) is 2. The quantitative estimate of drug-likeness (QED) is 0.772. The van der Waals surface area contributed by atoms with Crippen molar-refractivity contribution in [3.05, 3.63) is 0 Å². The van der Waals surface area contributed by atoms with Crippen LogP contribution < -0.4 is 5.32 Å². The van der Waals surface area contributed by atoms with E-state index in [-0.39, 0.29) is 12.1 Å². The van der Waals surface area contributed by atoms with Crippen molar-refractivity contribution in [2.75, 3.05) is 6.54 Å². The number of carboxylic acid groups (broad SMARTS) is 1. The Morgan fingerprint density at radius 3 is 2.71 bits per heavy atom. The second kappa shape index (κ2) is 6.47. The minimum Gasteiger partial charge on any atom is -0.480 e. The summed E-state index contributed by atoms with van der Waals surface area (Å²) in [5.74, 6) is -0.951. The van der Waals surface area contributed by atoms with Crippen LogP contribution in [-0.2, 0) is 4.79 Å². The lowest BCUT2D eigenvalue weighted by Gasteiger charge is -2.25. The fourth-order valence-electron chi connectivity index (χ4n) is 2.31. The molecule has 0 radical (unpaired) electrons. The summed E-state index contributed by atoms with van der Waals surface area (Å²) in [4.78, 5) is 24.7. The molecule has 1 rings (SSSR count). The van der Waals surface area contributed by atoms with Crippen molar-refractivity contribution in [2.24, 2.45) is 0 Å². The van der Waals surface area contributed by atoms with Gasteiger partial charge in [-0.3, -0.25) is 0 Å². The van der Waals surface area contributed by atoms with E-state index in [4.69, 9.17) is 5.11 Å². The lowest BCUT2D eigenvalue weighted by atomic mass is 10.1. The molecule has 1 fully saturated rings. The molecule has 1 saturated heterocycles. The van der Waals surface area contributed by atoms with Crippen molar-refractivity contribution >= 4 is 12.0 Å². The number of nitrogens with one attached hydrogen (secondary N) is 1. The Bertz CT molecular complexity index is 281. The maximum absolute atomic E-state index is 12.0. The van der Waals surface area contributed by atoms with Gasteiger partial charge in [-0.1, -0.05) is 20.3 Å². The van der Waals surface area contributed by atoms with E-state index in [1.807, 2.05) is 6.92 Å². The molecule has 0 aromatic heterocycles. The van der Waals surface area contributed by atoms with Gasteiger partial charge in [0.05, 0.1) is 0 Å². The van der Waals surface area contributed by atoms with Crippen LogP contribution in [0.3, 0.4) is 0 Å². The summed E-state index contributed by atoms with van der Waals surface area (Å²) < 4.78 is 0. The van der Waals surface area contributed by atoms with E-state index in [2.05, 4.69) is 12.2 Å². The van der Waals surface area contributed by atoms with Crippen LogP contribution in [0.1, 0.15) is 46.0 Å². The van der Waals surface area contributed by atoms with Crippen LogP contribution in [0.2, 0.25) is 0 Å². The van der Waals surface area contributed by atoms with E-state index in [9.17, 15) is 9.59 Å².